The van der Waals surface area contributed by atoms with Crippen LogP contribution in [0.25, 0.3) is 6.08 Å². The van der Waals surface area contributed by atoms with Crippen molar-refractivity contribution in [3.8, 4) is 0 Å². The van der Waals surface area contributed by atoms with E-state index < -0.39 is 0 Å². The Morgan fingerprint density at radius 1 is 0.958 bits per heavy atom. The Bertz CT molecular complexity index is 707. The Balaban J connectivity index is 1.50. The van der Waals surface area contributed by atoms with Crippen molar-refractivity contribution in [1.29, 1.82) is 0 Å². The van der Waals surface area contributed by atoms with Crippen LogP contribution in [-0.2, 0) is 0 Å². The zero-order chi connectivity index (χ0) is 16.8. The maximum absolute atomic E-state index is 12.6. The van der Waals surface area contributed by atoms with Crippen molar-refractivity contribution in [2.45, 2.75) is 0 Å². The van der Waals surface area contributed by atoms with Gasteiger partial charge in [0.05, 0.1) is 5.56 Å². The van der Waals surface area contributed by atoms with Crippen LogP contribution in [0, 0.1) is 0 Å². The SMILES string of the molecule is O=C(c1ccccc1Br)N1CCN(C/C=C/c2ccccc2)CC1. The van der Waals surface area contributed by atoms with E-state index in [1.807, 2.05) is 47.4 Å². The number of hydrogen-bond donors (Lipinski definition) is 0. The van der Waals surface area contributed by atoms with Crippen molar-refractivity contribution >= 4 is 27.9 Å². The lowest BCUT2D eigenvalue weighted by molar-refractivity contribution is 0.0649. The second-order valence-corrected chi connectivity index (χ2v) is 6.74. The molecular formula is C20H21BrN2O. The summed E-state index contributed by atoms with van der Waals surface area (Å²) in [5, 5.41) is 0. The highest BCUT2D eigenvalue weighted by Crippen LogP contribution is 2.18. The van der Waals surface area contributed by atoms with Gasteiger partial charge in [-0.2, -0.15) is 0 Å². The molecule has 1 fully saturated rings. The highest BCUT2D eigenvalue weighted by Gasteiger charge is 2.22. The molecule has 1 aliphatic heterocycles. The van der Waals surface area contributed by atoms with Crippen LogP contribution in [0.3, 0.4) is 0 Å². The zero-order valence-electron chi connectivity index (χ0n) is 13.6. The molecule has 4 heteroatoms. The number of piperazine rings is 1. The molecule has 1 saturated heterocycles. The maximum atomic E-state index is 12.6. The van der Waals surface area contributed by atoms with Crippen molar-refractivity contribution in [2.24, 2.45) is 0 Å². The predicted octanol–water partition coefficient (Wildman–Crippen LogP) is 3.92. The molecule has 24 heavy (non-hydrogen) atoms. The van der Waals surface area contributed by atoms with E-state index in [2.05, 4.69) is 45.1 Å². The summed E-state index contributed by atoms with van der Waals surface area (Å²) in [4.78, 5) is 16.9. The van der Waals surface area contributed by atoms with Gasteiger partial charge >= 0.3 is 0 Å². The number of amides is 1. The minimum absolute atomic E-state index is 0.113. The summed E-state index contributed by atoms with van der Waals surface area (Å²) in [6.07, 6.45) is 4.35. The number of rotatable bonds is 4. The molecule has 0 bridgehead atoms. The van der Waals surface area contributed by atoms with Gasteiger partial charge < -0.3 is 4.90 Å². The molecule has 1 heterocycles. The monoisotopic (exact) mass is 384 g/mol. The van der Waals surface area contributed by atoms with Crippen molar-refractivity contribution in [3.63, 3.8) is 0 Å². The summed E-state index contributed by atoms with van der Waals surface area (Å²) in [6.45, 7) is 4.30. The second-order valence-electron chi connectivity index (χ2n) is 5.89. The fraction of sp³-hybridized carbons (Fsp3) is 0.250. The van der Waals surface area contributed by atoms with Gasteiger partial charge in [-0.15, -0.1) is 0 Å². The standard InChI is InChI=1S/C20H21BrN2O/c21-19-11-5-4-10-18(19)20(24)23-15-13-22(14-16-23)12-6-9-17-7-2-1-3-8-17/h1-11H,12-16H2/b9-6+. The molecule has 0 atom stereocenters. The third kappa shape index (κ3) is 4.34. The Kier molecular flexibility index (Phi) is 5.83. The fourth-order valence-corrected chi connectivity index (χ4v) is 3.29. The largest absolute Gasteiger partial charge is 0.336 e. The third-order valence-corrected chi connectivity index (χ3v) is 4.93. The smallest absolute Gasteiger partial charge is 0.255 e. The highest BCUT2D eigenvalue weighted by molar-refractivity contribution is 9.10. The van der Waals surface area contributed by atoms with Crippen molar-refractivity contribution < 1.29 is 4.79 Å². The van der Waals surface area contributed by atoms with E-state index in [1.54, 1.807) is 0 Å². The summed E-state index contributed by atoms with van der Waals surface area (Å²) in [7, 11) is 0. The van der Waals surface area contributed by atoms with Crippen molar-refractivity contribution in [1.82, 2.24) is 9.80 Å². The number of halogens is 1. The average molecular weight is 385 g/mol. The van der Waals surface area contributed by atoms with Gasteiger partial charge in [0.2, 0.25) is 0 Å². The number of carbonyl (C=O) groups is 1. The van der Waals surface area contributed by atoms with Crippen LogP contribution in [0.4, 0.5) is 0 Å². The maximum Gasteiger partial charge on any atom is 0.255 e. The molecule has 0 N–H and O–H groups in total. The number of nitrogens with zero attached hydrogens (tertiary/aromatic N) is 2. The Labute approximate surface area is 151 Å². The molecule has 0 aromatic heterocycles. The summed E-state index contributed by atoms with van der Waals surface area (Å²) in [5.74, 6) is 0.113. The summed E-state index contributed by atoms with van der Waals surface area (Å²) < 4.78 is 0.864. The van der Waals surface area contributed by atoms with Crippen LogP contribution in [0.1, 0.15) is 15.9 Å². The zero-order valence-corrected chi connectivity index (χ0v) is 15.2. The van der Waals surface area contributed by atoms with E-state index in [-0.39, 0.29) is 5.91 Å². The lowest BCUT2D eigenvalue weighted by Gasteiger charge is -2.34. The van der Waals surface area contributed by atoms with Crippen LogP contribution in [-0.4, -0.2) is 48.4 Å². The summed E-state index contributed by atoms with van der Waals surface area (Å²) in [5.41, 5.74) is 1.97. The lowest BCUT2D eigenvalue weighted by atomic mass is 10.2. The molecule has 0 aliphatic carbocycles. The number of benzene rings is 2. The number of hydrogen-bond acceptors (Lipinski definition) is 2. The highest BCUT2D eigenvalue weighted by atomic mass is 79.9. The number of carbonyl (C=O) groups excluding carboxylic acids is 1. The van der Waals surface area contributed by atoms with E-state index in [0.717, 1.165) is 42.8 Å². The van der Waals surface area contributed by atoms with Crippen LogP contribution in [0.15, 0.2) is 65.1 Å². The molecule has 2 aromatic rings. The molecule has 2 aromatic carbocycles. The van der Waals surface area contributed by atoms with Crippen LogP contribution < -0.4 is 0 Å². The first-order valence-corrected chi connectivity index (χ1v) is 9.01. The molecule has 3 nitrogen and oxygen atoms in total. The molecule has 0 saturated carbocycles. The van der Waals surface area contributed by atoms with Gasteiger partial charge in [0.25, 0.3) is 5.91 Å². The molecule has 0 radical (unpaired) electrons. The molecule has 0 unspecified atom stereocenters. The first-order valence-electron chi connectivity index (χ1n) is 8.22. The second kappa shape index (κ2) is 8.27. The summed E-state index contributed by atoms with van der Waals surface area (Å²) >= 11 is 3.46. The van der Waals surface area contributed by atoms with E-state index in [1.165, 1.54) is 5.56 Å². The van der Waals surface area contributed by atoms with Crippen LogP contribution in [0.5, 0.6) is 0 Å². The van der Waals surface area contributed by atoms with Crippen molar-refractivity contribution in [3.05, 3.63) is 76.3 Å². The van der Waals surface area contributed by atoms with Gasteiger partial charge in [0.15, 0.2) is 0 Å². The predicted molar refractivity (Wildman–Crippen MR) is 102 cm³/mol. The van der Waals surface area contributed by atoms with Gasteiger partial charge in [-0.05, 0) is 33.6 Å². The van der Waals surface area contributed by atoms with Gasteiger partial charge in [-0.25, -0.2) is 0 Å². The Hall–Kier alpha value is -1.91. The normalized spacial score (nSPS) is 15.8. The Morgan fingerprint density at radius 3 is 2.33 bits per heavy atom. The van der Waals surface area contributed by atoms with Crippen molar-refractivity contribution in [2.75, 3.05) is 32.7 Å². The minimum Gasteiger partial charge on any atom is -0.336 e. The fourth-order valence-electron chi connectivity index (χ4n) is 2.84. The van der Waals surface area contributed by atoms with E-state index in [4.69, 9.17) is 0 Å². The molecule has 0 spiro atoms. The van der Waals surface area contributed by atoms with Crippen LogP contribution >= 0.6 is 15.9 Å². The molecule has 3 rings (SSSR count). The first-order chi connectivity index (χ1) is 11.7. The third-order valence-electron chi connectivity index (χ3n) is 4.24. The lowest BCUT2D eigenvalue weighted by Crippen LogP contribution is -2.48. The Morgan fingerprint density at radius 2 is 1.62 bits per heavy atom. The molecule has 124 valence electrons. The average Bonchev–Trinajstić information content (AvgIpc) is 2.63. The van der Waals surface area contributed by atoms with Crippen LogP contribution in [0.2, 0.25) is 0 Å². The van der Waals surface area contributed by atoms with E-state index in [9.17, 15) is 4.79 Å². The molecule has 1 aliphatic rings. The minimum atomic E-state index is 0.113. The first kappa shape index (κ1) is 16.9. The van der Waals surface area contributed by atoms with Gasteiger partial charge in [-0.1, -0.05) is 54.6 Å². The topological polar surface area (TPSA) is 23.6 Å². The van der Waals surface area contributed by atoms with E-state index in [0.29, 0.717) is 0 Å². The van der Waals surface area contributed by atoms with E-state index >= 15 is 0 Å². The van der Waals surface area contributed by atoms with Gasteiger partial charge in [0, 0.05) is 37.2 Å². The van der Waals surface area contributed by atoms with Gasteiger partial charge in [-0.3, -0.25) is 9.69 Å². The summed E-state index contributed by atoms with van der Waals surface area (Å²) in [6, 6.07) is 17.9. The quantitative estimate of drug-likeness (QED) is 0.797. The van der Waals surface area contributed by atoms with Gasteiger partial charge in [0.1, 0.15) is 0 Å². The molecule has 1 amide bonds. The molecular weight excluding hydrogens is 364 g/mol.